The maximum absolute atomic E-state index is 12.8. The zero-order valence-electron chi connectivity index (χ0n) is 15.5. The molecule has 5 heterocycles. The molecular formula is C20H25N3O3. The Labute approximate surface area is 152 Å². The van der Waals surface area contributed by atoms with Gasteiger partial charge in [-0.1, -0.05) is 13.8 Å². The van der Waals surface area contributed by atoms with E-state index < -0.39 is 0 Å². The van der Waals surface area contributed by atoms with Gasteiger partial charge < -0.3 is 14.8 Å². The molecule has 6 rings (SSSR count). The Morgan fingerprint density at radius 3 is 2.31 bits per heavy atom. The van der Waals surface area contributed by atoms with Crippen LogP contribution in [0.15, 0.2) is 29.1 Å². The first kappa shape index (κ1) is 16.3. The van der Waals surface area contributed by atoms with Crippen molar-refractivity contribution in [3.05, 3.63) is 40.2 Å². The number of piperidine rings is 2. The standard InChI is InChI=1S/C20H25N3O3/c1-19-8-22-10-20(2,18(19)25)11-23(9-19)17(22)14-7-12-6-13(26-3)4-5-15(12)21-16(14)24/h4-7,17-18,25H,8-11H2,1-3H3,(H,21,24). The van der Waals surface area contributed by atoms with Gasteiger partial charge in [0.2, 0.25) is 0 Å². The molecule has 4 aliphatic heterocycles. The van der Waals surface area contributed by atoms with Gasteiger partial charge >= 0.3 is 0 Å². The first-order valence-electron chi connectivity index (χ1n) is 9.20. The van der Waals surface area contributed by atoms with Crippen LogP contribution in [0, 0.1) is 10.8 Å². The number of pyridine rings is 1. The Kier molecular flexibility index (Phi) is 3.19. The van der Waals surface area contributed by atoms with Crippen LogP contribution >= 0.6 is 0 Å². The van der Waals surface area contributed by atoms with E-state index in [1.165, 1.54) is 0 Å². The molecule has 4 saturated heterocycles. The molecule has 0 saturated carbocycles. The summed E-state index contributed by atoms with van der Waals surface area (Å²) in [6, 6.07) is 7.71. The number of nitrogens with one attached hydrogen (secondary N) is 1. The molecule has 138 valence electrons. The van der Waals surface area contributed by atoms with Crippen LogP contribution in [0.1, 0.15) is 25.6 Å². The highest BCUT2D eigenvalue weighted by atomic mass is 16.5. The number of nitrogens with zero attached hydrogens (tertiary/aromatic N) is 2. The van der Waals surface area contributed by atoms with Crippen molar-refractivity contribution in [1.29, 1.82) is 0 Å². The van der Waals surface area contributed by atoms with Crippen molar-refractivity contribution in [2.45, 2.75) is 26.1 Å². The highest BCUT2D eigenvalue weighted by Crippen LogP contribution is 2.53. The second-order valence-corrected chi connectivity index (χ2v) is 8.90. The maximum Gasteiger partial charge on any atom is 0.254 e. The van der Waals surface area contributed by atoms with Gasteiger partial charge in [-0.3, -0.25) is 14.6 Å². The van der Waals surface area contributed by atoms with Crippen LogP contribution in [0.5, 0.6) is 5.75 Å². The Hall–Kier alpha value is -1.89. The lowest BCUT2D eigenvalue weighted by Gasteiger charge is -2.68. The van der Waals surface area contributed by atoms with Gasteiger partial charge in [-0.25, -0.2) is 0 Å². The van der Waals surface area contributed by atoms with Crippen molar-refractivity contribution in [2.24, 2.45) is 10.8 Å². The molecule has 1 aromatic heterocycles. The molecule has 4 aliphatic rings. The second kappa shape index (κ2) is 5.09. The highest BCUT2D eigenvalue weighted by Gasteiger charge is 2.62. The van der Waals surface area contributed by atoms with Crippen LogP contribution < -0.4 is 10.3 Å². The molecular weight excluding hydrogens is 330 g/mol. The van der Waals surface area contributed by atoms with Gasteiger partial charge in [0.05, 0.1) is 19.4 Å². The number of methoxy groups -OCH3 is 1. The number of aromatic nitrogens is 1. The maximum atomic E-state index is 12.8. The van der Waals surface area contributed by atoms with Crippen LogP contribution in [0.4, 0.5) is 0 Å². The second-order valence-electron chi connectivity index (χ2n) is 8.90. The van der Waals surface area contributed by atoms with E-state index in [4.69, 9.17) is 4.74 Å². The summed E-state index contributed by atoms with van der Waals surface area (Å²) < 4.78 is 5.33. The molecule has 6 nitrogen and oxygen atoms in total. The molecule has 1 aromatic carbocycles. The zero-order chi connectivity index (χ0) is 18.3. The topological polar surface area (TPSA) is 68.8 Å². The summed E-state index contributed by atoms with van der Waals surface area (Å²) in [6.07, 6.45) is -0.314. The number of rotatable bonds is 2. The van der Waals surface area contributed by atoms with E-state index in [9.17, 15) is 9.90 Å². The van der Waals surface area contributed by atoms with Crippen LogP contribution in [0.2, 0.25) is 0 Å². The van der Waals surface area contributed by atoms with Gasteiger partial charge in [0.25, 0.3) is 5.56 Å². The third-order valence-electron chi connectivity index (χ3n) is 6.63. The fraction of sp³-hybridized carbons (Fsp3) is 0.550. The molecule has 0 radical (unpaired) electrons. The third kappa shape index (κ3) is 2.06. The van der Waals surface area contributed by atoms with Crippen molar-refractivity contribution in [3.63, 3.8) is 0 Å². The van der Waals surface area contributed by atoms with Gasteiger partial charge in [0.15, 0.2) is 0 Å². The lowest BCUT2D eigenvalue weighted by Crippen LogP contribution is -2.77. The summed E-state index contributed by atoms with van der Waals surface area (Å²) in [5, 5.41) is 11.8. The minimum atomic E-state index is -0.289. The van der Waals surface area contributed by atoms with E-state index in [2.05, 4.69) is 28.6 Å². The monoisotopic (exact) mass is 355 g/mol. The average Bonchev–Trinajstić information content (AvgIpc) is 2.58. The average molecular weight is 355 g/mol. The number of aliphatic hydroxyl groups excluding tert-OH is 1. The molecule has 0 atom stereocenters. The van der Waals surface area contributed by atoms with Crippen LogP contribution in [-0.4, -0.2) is 59.3 Å². The van der Waals surface area contributed by atoms with Crippen LogP contribution in [-0.2, 0) is 0 Å². The predicted molar refractivity (Wildman–Crippen MR) is 99.2 cm³/mol. The molecule has 2 aromatic rings. The summed E-state index contributed by atoms with van der Waals surface area (Å²) in [7, 11) is 1.65. The first-order valence-corrected chi connectivity index (χ1v) is 9.20. The normalized spacial score (nSPS) is 40.9. The fourth-order valence-electron chi connectivity index (χ4n) is 5.75. The minimum Gasteiger partial charge on any atom is -0.497 e. The number of fused-ring (bicyclic) bond motifs is 1. The molecule has 0 amide bonds. The third-order valence-corrected chi connectivity index (χ3v) is 6.63. The molecule has 6 heteroatoms. The van der Waals surface area contributed by atoms with Gasteiger partial charge in [-0.2, -0.15) is 0 Å². The Morgan fingerprint density at radius 1 is 1.12 bits per heavy atom. The number of aromatic amines is 1. The van der Waals surface area contributed by atoms with E-state index in [0.717, 1.165) is 48.4 Å². The van der Waals surface area contributed by atoms with E-state index >= 15 is 0 Å². The number of hydrogen-bond acceptors (Lipinski definition) is 5. The Balaban J connectivity index is 1.61. The quantitative estimate of drug-likeness (QED) is 0.856. The Bertz CT molecular complexity index is 915. The first-order chi connectivity index (χ1) is 12.3. The molecule has 4 fully saturated rings. The van der Waals surface area contributed by atoms with Crippen molar-refractivity contribution < 1.29 is 9.84 Å². The molecule has 2 N–H and O–H groups in total. The number of benzene rings is 1. The smallest absolute Gasteiger partial charge is 0.254 e. The largest absolute Gasteiger partial charge is 0.497 e. The van der Waals surface area contributed by atoms with Crippen LogP contribution in [0.25, 0.3) is 10.9 Å². The van der Waals surface area contributed by atoms with Crippen molar-refractivity contribution in [3.8, 4) is 5.75 Å². The number of aliphatic hydroxyl groups is 1. The SMILES string of the molecule is COc1ccc2[nH]c(=O)c(C3N4CC5(C)CN3CC(C)(C4)C5O)cc2c1. The van der Waals surface area contributed by atoms with Gasteiger partial charge in [0, 0.05) is 53.5 Å². The number of hydrogen-bond donors (Lipinski definition) is 2. The number of ether oxygens (including phenoxy) is 1. The highest BCUT2D eigenvalue weighted by molar-refractivity contribution is 5.80. The molecule has 26 heavy (non-hydrogen) atoms. The summed E-state index contributed by atoms with van der Waals surface area (Å²) in [5.41, 5.74) is 1.31. The van der Waals surface area contributed by atoms with Gasteiger partial charge in [-0.15, -0.1) is 0 Å². The zero-order valence-corrected chi connectivity index (χ0v) is 15.5. The molecule has 0 unspecified atom stereocenters. The van der Waals surface area contributed by atoms with Crippen molar-refractivity contribution in [2.75, 3.05) is 33.3 Å². The predicted octanol–water partition coefficient (Wildman–Crippen LogP) is 1.55. The summed E-state index contributed by atoms with van der Waals surface area (Å²) in [6.45, 7) is 7.61. The van der Waals surface area contributed by atoms with E-state index in [-0.39, 0.29) is 28.7 Å². The minimum absolute atomic E-state index is 0.0250. The lowest BCUT2D eigenvalue weighted by molar-refractivity contribution is -0.254. The van der Waals surface area contributed by atoms with E-state index in [0.29, 0.717) is 0 Å². The van der Waals surface area contributed by atoms with Gasteiger partial charge in [-0.05, 0) is 24.3 Å². The van der Waals surface area contributed by atoms with Crippen LogP contribution in [0.3, 0.4) is 0 Å². The molecule has 0 spiro atoms. The lowest BCUT2D eigenvalue weighted by atomic mass is 9.60. The molecule has 4 bridgehead atoms. The van der Waals surface area contributed by atoms with Crippen molar-refractivity contribution in [1.82, 2.24) is 14.8 Å². The molecule has 0 aliphatic carbocycles. The number of H-pyrrole nitrogens is 1. The summed E-state index contributed by atoms with van der Waals surface area (Å²) in [4.78, 5) is 20.6. The Morgan fingerprint density at radius 2 is 1.73 bits per heavy atom. The summed E-state index contributed by atoms with van der Waals surface area (Å²) >= 11 is 0. The van der Waals surface area contributed by atoms with E-state index in [1.54, 1.807) is 7.11 Å². The van der Waals surface area contributed by atoms with Gasteiger partial charge in [0.1, 0.15) is 5.75 Å². The fourth-order valence-corrected chi connectivity index (χ4v) is 5.75. The summed E-state index contributed by atoms with van der Waals surface area (Å²) in [5.74, 6) is 0.782. The van der Waals surface area contributed by atoms with Crippen molar-refractivity contribution >= 4 is 10.9 Å². The van der Waals surface area contributed by atoms with E-state index in [1.807, 2.05) is 24.3 Å².